The molecule has 0 spiro atoms. The molecule has 1 saturated heterocycles. The summed E-state index contributed by atoms with van der Waals surface area (Å²) >= 11 is 0. The van der Waals surface area contributed by atoms with E-state index >= 15 is 0 Å². The van der Waals surface area contributed by atoms with Crippen molar-refractivity contribution in [2.24, 2.45) is 16.7 Å². The monoisotopic (exact) mass is 504 g/mol. The van der Waals surface area contributed by atoms with Crippen LogP contribution < -0.4 is 0 Å². The largest absolute Gasteiger partial charge is 0.504 e. The summed E-state index contributed by atoms with van der Waals surface area (Å²) in [5, 5.41) is 33.6. The van der Waals surface area contributed by atoms with Crippen molar-refractivity contribution in [3.05, 3.63) is 34.3 Å². The Kier molecular flexibility index (Phi) is 7.16. The Morgan fingerprint density at radius 1 is 1.14 bits per heavy atom. The minimum Gasteiger partial charge on any atom is -0.504 e. The summed E-state index contributed by atoms with van der Waals surface area (Å²) in [6.07, 6.45) is 1.34. The average molecular weight is 505 g/mol. The Morgan fingerprint density at radius 3 is 2.47 bits per heavy atom. The highest BCUT2D eigenvalue weighted by Gasteiger charge is 2.63. The summed E-state index contributed by atoms with van der Waals surface area (Å²) in [6.45, 7) is 5.27. The minimum atomic E-state index is -1.16. The number of ketones is 1. The normalized spacial score (nSPS) is 37.3. The molecule has 3 N–H and O–H groups in total. The van der Waals surface area contributed by atoms with Crippen molar-refractivity contribution in [3.8, 4) is 0 Å². The van der Waals surface area contributed by atoms with E-state index in [1.54, 1.807) is 6.20 Å². The fourth-order valence-electron chi connectivity index (χ4n) is 6.93. The standard InChI is InChI=1S/C27H40N2O7/c1-26-12-17(30)22-20(16(26)8-9-18(26)31)23(32)24(33)21-15(13-29(5)11-7-10-28(3)4)25(34)36-19(14-35-6)27(21,22)2/h13,16-19,30-31,33H,7-12,14H2,1-6H3/b15-13+/t16?,17-,18+,19-,26+,27+/m1/s1. The fraction of sp³-hybridized carbons (Fsp3) is 0.704. The lowest BCUT2D eigenvalue weighted by atomic mass is 9.53. The van der Waals surface area contributed by atoms with Gasteiger partial charge in [0.25, 0.3) is 0 Å². The highest BCUT2D eigenvalue weighted by Crippen LogP contribution is 2.62. The number of hydrogen-bond donors (Lipinski definition) is 3. The second-order valence-electron chi connectivity index (χ2n) is 11.5. The van der Waals surface area contributed by atoms with Crippen molar-refractivity contribution in [2.75, 3.05) is 47.9 Å². The molecule has 1 heterocycles. The van der Waals surface area contributed by atoms with Gasteiger partial charge in [0.05, 0.1) is 29.8 Å². The van der Waals surface area contributed by atoms with Crippen molar-refractivity contribution < 1.29 is 34.4 Å². The first kappa shape index (κ1) is 26.9. The maximum atomic E-state index is 13.8. The summed E-state index contributed by atoms with van der Waals surface area (Å²) in [4.78, 5) is 30.9. The highest BCUT2D eigenvalue weighted by molar-refractivity contribution is 6.13. The van der Waals surface area contributed by atoms with E-state index in [0.717, 1.165) is 13.0 Å². The second kappa shape index (κ2) is 9.59. The molecule has 0 bridgehead atoms. The first-order valence-corrected chi connectivity index (χ1v) is 12.7. The van der Waals surface area contributed by atoms with E-state index in [1.807, 2.05) is 39.9 Å². The number of hydrogen-bond acceptors (Lipinski definition) is 9. The first-order valence-electron chi connectivity index (χ1n) is 12.7. The van der Waals surface area contributed by atoms with E-state index in [9.17, 15) is 24.9 Å². The molecular weight excluding hydrogens is 464 g/mol. The van der Waals surface area contributed by atoms with Crippen LogP contribution in [0.5, 0.6) is 0 Å². The molecule has 2 fully saturated rings. The van der Waals surface area contributed by atoms with Gasteiger partial charge < -0.3 is 34.6 Å². The number of allylic oxidation sites excluding steroid dienone is 1. The lowest BCUT2D eigenvalue weighted by Crippen LogP contribution is -2.56. The number of fused-ring (bicyclic) bond motifs is 4. The number of aliphatic hydroxyl groups is 3. The third-order valence-corrected chi connectivity index (χ3v) is 8.83. The number of aliphatic hydroxyl groups excluding tert-OH is 3. The number of ether oxygens (including phenoxy) is 2. The number of nitrogens with zero attached hydrogens (tertiary/aromatic N) is 2. The molecule has 0 aromatic carbocycles. The molecule has 3 aliphatic carbocycles. The van der Waals surface area contributed by atoms with Gasteiger partial charge in [0.15, 0.2) is 5.76 Å². The van der Waals surface area contributed by atoms with Crippen LogP contribution in [-0.4, -0.2) is 103 Å². The molecule has 0 aromatic rings. The van der Waals surface area contributed by atoms with Crippen molar-refractivity contribution in [1.82, 2.24) is 9.80 Å². The molecule has 4 aliphatic rings. The molecule has 0 radical (unpaired) electrons. The minimum absolute atomic E-state index is 0.0349. The zero-order valence-corrected chi connectivity index (χ0v) is 22.2. The zero-order chi connectivity index (χ0) is 26.6. The zero-order valence-electron chi connectivity index (χ0n) is 22.2. The summed E-state index contributed by atoms with van der Waals surface area (Å²) in [5.41, 5.74) is -0.703. The number of rotatable bonds is 7. The molecule has 200 valence electrons. The van der Waals surface area contributed by atoms with E-state index in [1.165, 1.54) is 7.11 Å². The Hall–Kier alpha value is -2.20. The van der Waals surface area contributed by atoms with Crippen LogP contribution in [0.3, 0.4) is 0 Å². The van der Waals surface area contributed by atoms with Crippen molar-refractivity contribution >= 4 is 11.8 Å². The predicted molar refractivity (Wildman–Crippen MR) is 133 cm³/mol. The molecule has 0 amide bonds. The average Bonchev–Trinajstić information content (AvgIpc) is 3.08. The van der Waals surface area contributed by atoms with Crippen LogP contribution in [0, 0.1) is 16.7 Å². The molecule has 36 heavy (non-hydrogen) atoms. The Bertz CT molecular complexity index is 1030. The number of carbonyl (C=O) groups excluding carboxylic acids is 2. The molecule has 1 aliphatic heterocycles. The van der Waals surface area contributed by atoms with Crippen LogP contribution in [0.1, 0.15) is 39.5 Å². The van der Waals surface area contributed by atoms with Gasteiger partial charge in [-0.15, -0.1) is 0 Å². The van der Waals surface area contributed by atoms with Crippen molar-refractivity contribution in [3.63, 3.8) is 0 Å². The number of Topliss-reactive ketones (excluding diaryl/α,β-unsaturated/α-hetero) is 1. The quantitative estimate of drug-likeness (QED) is 0.350. The topological polar surface area (TPSA) is 120 Å². The molecule has 9 heteroatoms. The number of methoxy groups -OCH3 is 1. The van der Waals surface area contributed by atoms with Crippen LogP contribution in [0.2, 0.25) is 0 Å². The summed E-state index contributed by atoms with van der Waals surface area (Å²) in [5.74, 6) is -2.01. The van der Waals surface area contributed by atoms with Gasteiger partial charge in [0.2, 0.25) is 5.78 Å². The van der Waals surface area contributed by atoms with Gasteiger partial charge in [0.1, 0.15) is 6.10 Å². The van der Waals surface area contributed by atoms with Gasteiger partial charge in [0, 0.05) is 43.5 Å². The predicted octanol–water partition coefficient (Wildman–Crippen LogP) is 1.57. The van der Waals surface area contributed by atoms with Crippen LogP contribution in [-0.2, 0) is 19.1 Å². The van der Waals surface area contributed by atoms with Gasteiger partial charge in [-0.25, -0.2) is 4.79 Å². The number of cyclic esters (lactones) is 1. The third-order valence-electron chi connectivity index (χ3n) is 8.83. The molecule has 1 unspecified atom stereocenters. The number of esters is 1. The molecule has 1 saturated carbocycles. The van der Waals surface area contributed by atoms with E-state index in [4.69, 9.17) is 9.47 Å². The smallest absolute Gasteiger partial charge is 0.340 e. The Balaban J connectivity index is 1.85. The van der Waals surface area contributed by atoms with E-state index in [-0.39, 0.29) is 30.1 Å². The second-order valence-corrected chi connectivity index (χ2v) is 11.5. The lowest BCUT2D eigenvalue weighted by Gasteiger charge is -2.53. The summed E-state index contributed by atoms with van der Waals surface area (Å²) < 4.78 is 11.3. The number of carbonyl (C=O) groups is 2. The van der Waals surface area contributed by atoms with Gasteiger partial charge in [-0.2, -0.15) is 0 Å². The molecule has 9 nitrogen and oxygen atoms in total. The molecule has 0 aromatic heterocycles. The molecule has 4 rings (SSSR count). The van der Waals surface area contributed by atoms with Crippen molar-refractivity contribution in [2.45, 2.75) is 57.8 Å². The molecular formula is C27H40N2O7. The summed E-state index contributed by atoms with van der Waals surface area (Å²) in [6, 6.07) is 0. The van der Waals surface area contributed by atoms with Crippen LogP contribution in [0.25, 0.3) is 0 Å². The van der Waals surface area contributed by atoms with Crippen molar-refractivity contribution in [1.29, 1.82) is 0 Å². The van der Waals surface area contributed by atoms with E-state index in [2.05, 4.69) is 4.90 Å². The molecule has 6 atom stereocenters. The maximum Gasteiger partial charge on any atom is 0.340 e. The summed E-state index contributed by atoms with van der Waals surface area (Å²) in [7, 11) is 7.31. The van der Waals surface area contributed by atoms with Gasteiger partial charge in [-0.3, -0.25) is 4.79 Å². The fourth-order valence-corrected chi connectivity index (χ4v) is 6.93. The lowest BCUT2D eigenvalue weighted by molar-refractivity contribution is -0.157. The van der Waals surface area contributed by atoms with Crippen LogP contribution in [0.15, 0.2) is 34.3 Å². The van der Waals surface area contributed by atoms with E-state index < -0.39 is 46.7 Å². The van der Waals surface area contributed by atoms with Crippen LogP contribution >= 0.6 is 0 Å². The first-order chi connectivity index (χ1) is 16.9. The van der Waals surface area contributed by atoms with Crippen LogP contribution in [0.4, 0.5) is 0 Å². The SMILES string of the molecule is COC[C@H]1OC(=O)/C(=C/N(C)CCCN(C)C)C2=C(O)C(=O)C3=C([C@H](O)C[C@@]4(C)C3CC[C@@H]4O)[C@]21C. The third kappa shape index (κ3) is 4.00. The van der Waals surface area contributed by atoms with Gasteiger partial charge in [-0.05, 0) is 64.7 Å². The maximum absolute atomic E-state index is 13.8. The van der Waals surface area contributed by atoms with Gasteiger partial charge in [-0.1, -0.05) is 6.92 Å². The van der Waals surface area contributed by atoms with Gasteiger partial charge >= 0.3 is 5.97 Å². The highest BCUT2D eigenvalue weighted by atomic mass is 16.6. The Morgan fingerprint density at radius 2 is 1.83 bits per heavy atom. The van der Waals surface area contributed by atoms with E-state index in [0.29, 0.717) is 30.5 Å². The Labute approximate surface area is 213 Å².